The first kappa shape index (κ1) is 25.6. The topological polar surface area (TPSA) is 120 Å². The van der Waals surface area contributed by atoms with Gasteiger partial charge in [-0.3, -0.25) is 14.4 Å². The number of thiazole rings is 1. The summed E-state index contributed by atoms with van der Waals surface area (Å²) in [5.74, 6) is -1.48. The molecule has 0 aliphatic carbocycles. The third-order valence-corrected chi connectivity index (χ3v) is 5.46. The lowest BCUT2D eigenvalue weighted by Crippen LogP contribution is -2.53. The smallest absolute Gasteiger partial charge is 0.255 e. The van der Waals surface area contributed by atoms with E-state index in [9.17, 15) is 19.5 Å². The molecule has 0 aliphatic heterocycles. The van der Waals surface area contributed by atoms with Gasteiger partial charge >= 0.3 is 0 Å². The van der Waals surface area contributed by atoms with Crippen molar-refractivity contribution >= 4 is 45.8 Å². The molecule has 2 rings (SSSR count). The minimum atomic E-state index is -0.900. The quantitative estimate of drug-likeness (QED) is 0.412. The van der Waals surface area contributed by atoms with Crippen LogP contribution in [0.3, 0.4) is 0 Å². The van der Waals surface area contributed by atoms with Gasteiger partial charge in [-0.2, -0.15) is 0 Å². The van der Waals surface area contributed by atoms with Crippen molar-refractivity contribution in [3.63, 3.8) is 0 Å². The number of phenols is 1. The molecule has 0 radical (unpaired) electrons. The van der Waals surface area contributed by atoms with E-state index in [1.165, 1.54) is 29.5 Å². The number of anilines is 1. The standard InChI is InChI=1S/C22H29ClN4O4S/c1-12(2)9-16(25-19(29)15-11-14(23)5-6-18(15)28)20(30)26-17(10-13(3)4)21(31)27-22-24-7-8-32-22/h5-8,11-13,16-17,28H,9-10H2,1-4H3,(H,25,29)(H,26,30)(H,24,27,31)/t16-,17-/m0/s1. The molecule has 0 saturated carbocycles. The molecule has 0 spiro atoms. The van der Waals surface area contributed by atoms with Crippen LogP contribution in [0.1, 0.15) is 50.9 Å². The van der Waals surface area contributed by atoms with E-state index in [1.807, 2.05) is 27.7 Å². The average molecular weight is 481 g/mol. The number of carbonyl (C=O) groups is 3. The lowest BCUT2D eigenvalue weighted by atomic mass is 9.99. The Balaban J connectivity index is 2.16. The van der Waals surface area contributed by atoms with Crippen molar-refractivity contribution in [2.45, 2.75) is 52.6 Å². The third kappa shape index (κ3) is 7.80. The molecule has 4 N–H and O–H groups in total. The highest BCUT2D eigenvalue weighted by molar-refractivity contribution is 7.13. The monoisotopic (exact) mass is 480 g/mol. The number of benzene rings is 1. The first-order valence-electron chi connectivity index (χ1n) is 10.4. The summed E-state index contributed by atoms with van der Waals surface area (Å²) in [6.07, 6.45) is 2.34. The Bertz CT molecular complexity index is 934. The molecule has 174 valence electrons. The van der Waals surface area contributed by atoms with Crippen LogP contribution in [0.15, 0.2) is 29.8 Å². The number of nitrogens with zero attached hydrogens (tertiary/aromatic N) is 1. The van der Waals surface area contributed by atoms with Crippen molar-refractivity contribution in [2.24, 2.45) is 11.8 Å². The second-order valence-electron chi connectivity index (χ2n) is 8.33. The van der Waals surface area contributed by atoms with Crippen LogP contribution in [0.5, 0.6) is 5.75 Å². The number of amides is 3. The van der Waals surface area contributed by atoms with Crippen LogP contribution in [0.4, 0.5) is 5.13 Å². The molecule has 2 atom stereocenters. The number of nitrogens with one attached hydrogen (secondary N) is 3. The number of phenolic OH excluding ortho intramolecular Hbond substituents is 1. The molecule has 0 aliphatic rings. The van der Waals surface area contributed by atoms with Crippen molar-refractivity contribution in [3.8, 4) is 5.75 Å². The number of halogens is 1. The minimum absolute atomic E-state index is 0.0284. The SMILES string of the molecule is CC(C)C[C@H](NC(=O)c1cc(Cl)ccc1O)C(=O)N[C@@H](CC(C)C)C(=O)Nc1nccs1. The predicted octanol–water partition coefficient (Wildman–Crippen LogP) is 3.82. The van der Waals surface area contributed by atoms with Gasteiger partial charge in [-0.05, 0) is 42.9 Å². The van der Waals surface area contributed by atoms with E-state index in [-0.39, 0.29) is 34.1 Å². The molecule has 1 heterocycles. The Morgan fingerprint density at radius 1 is 1.03 bits per heavy atom. The maximum Gasteiger partial charge on any atom is 0.255 e. The zero-order chi connectivity index (χ0) is 23.8. The van der Waals surface area contributed by atoms with Gasteiger partial charge in [0.2, 0.25) is 11.8 Å². The van der Waals surface area contributed by atoms with Crippen LogP contribution in [0, 0.1) is 11.8 Å². The molecule has 8 nitrogen and oxygen atoms in total. The summed E-state index contributed by atoms with van der Waals surface area (Å²) >= 11 is 7.22. The van der Waals surface area contributed by atoms with E-state index >= 15 is 0 Å². The van der Waals surface area contributed by atoms with E-state index in [4.69, 9.17) is 11.6 Å². The van der Waals surface area contributed by atoms with Gasteiger partial charge in [0.1, 0.15) is 17.8 Å². The number of rotatable bonds is 10. The van der Waals surface area contributed by atoms with Crippen molar-refractivity contribution in [1.29, 1.82) is 0 Å². The van der Waals surface area contributed by atoms with E-state index in [1.54, 1.807) is 11.6 Å². The van der Waals surface area contributed by atoms with Crippen LogP contribution in [0.25, 0.3) is 0 Å². The lowest BCUT2D eigenvalue weighted by molar-refractivity contribution is -0.128. The molecule has 1 aromatic heterocycles. The number of aromatic nitrogens is 1. The van der Waals surface area contributed by atoms with E-state index < -0.39 is 23.9 Å². The molecule has 10 heteroatoms. The van der Waals surface area contributed by atoms with Crippen molar-refractivity contribution in [1.82, 2.24) is 15.6 Å². The summed E-state index contributed by atoms with van der Waals surface area (Å²) in [4.78, 5) is 42.6. The van der Waals surface area contributed by atoms with Gasteiger partial charge in [-0.1, -0.05) is 39.3 Å². The van der Waals surface area contributed by atoms with Crippen LogP contribution >= 0.6 is 22.9 Å². The number of aromatic hydroxyl groups is 1. The van der Waals surface area contributed by atoms with Crippen LogP contribution in [-0.4, -0.2) is 39.9 Å². The Labute approximate surface area is 196 Å². The summed E-state index contributed by atoms with van der Waals surface area (Å²) in [5.41, 5.74) is -0.0284. The average Bonchev–Trinajstić information content (AvgIpc) is 3.20. The van der Waals surface area contributed by atoms with Crippen LogP contribution < -0.4 is 16.0 Å². The van der Waals surface area contributed by atoms with Crippen molar-refractivity contribution in [3.05, 3.63) is 40.4 Å². The van der Waals surface area contributed by atoms with Gasteiger partial charge < -0.3 is 21.1 Å². The van der Waals surface area contributed by atoms with Gasteiger partial charge in [0.15, 0.2) is 5.13 Å². The summed E-state index contributed by atoms with van der Waals surface area (Å²) in [7, 11) is 0. The second kappa shape index (κ2) is 11.8. The molecular formula is C22H29ClN4O4S. The van der Waals surface area contributed by atoms with Gasteiger partial charge in [0, 0.05) is 16.6 Å². The highest BCUT2D eigenvalue weighted by atomic mass is 35.5. The highest BCUT2D eigenvalue weighted by Gasteiger charge is 2.29. The molecule has 0 fully saturated rings. The Kier molecular flexibility index (Phi) is 9.46. The summed E-state index contributed by atoms with van der Waals surface area (Å²) < 4.78 is 0. The fraction of sp³-hybridized carbons (Fsp3) is 0.455. The fourth-order valence-corrected chi connectivity index (χ4v) is 3.79. The first-order chi connectivity index (χ1) is 15.1. The van der Waals surface area contributed by atoms with Gasteiger partial charge in [-0.25, -0.2) is 4.98 Å². The molecule has 3 amide bonds. The molecule has 0 unspecified atom stereocenters. The Morgan fingerprint density at radius 2 is 1.66 bits per heavy atom. The van der Waals surface area contributed by atoms with E-state index in [0.29, 0.717) is 18.0 Å². The zero-order valence-electron chi connectivity index (χ0n) is 18.5. The largest absolute Gasteiger partial charge is 0.507 e. The van der Waals surface area contributed by atoms with Gasteiger partial charge in [0.25, 0.3) is 5.91 Å². The first-order valence-corrected chi connectivity index (χ1v) is 11.6. The zero-order valence-corrected chi connectivity index (χ0v) is 20.1. The normalized spacial score (nSPS) is 13.0. The Hall–Kier alpha value is -2.65. The third-order valence-electron chi connectivity index (χ3n) is 4.53. The molecular weight excluding hydrogens is 452 g/mol. The number of carbonyl (C=O) groups excluding carboxylic acids is 3. The number of hydrogen-bond donors (Lipinski definition) is 4. The van der Waals surface area contributed by atoms with Crippen molar-refractivity contribution in [2.75, 3.05) is 5.32 Å². The number of hydrogen-bond acceptors (Lipinski definition) is 6. The molecule has 0 bridgehead atoms. The van der Waals surface area contributed by atoms with E-state index in [0.717, 1.165) is 0 Å². The van der Waals surface area contributed by atoms with Crippen molar-refractivity contribution < 1.29 is 19.5 Å². The summed E-state index contributed by atoms with van der Waals surface area (Å²) in [6, 6.07) is 2.42. The molecule has 0 saturated heterocycles. The predicted molar refractivity (Wildman–Crippen MR) is 126 cm³/mol. The molecule has 32 heavy (non-hydrogen) atoms. The van der Waals surface area contributed by atoms with Crippen LogP contribution in [0.2, 0.25) is 5.02 Å². The summed E-state index contributed by atoms with van der Waals surface area (Å²) in [6.45, 7) is 7.74. The van der Waals surface area contributed by atoms with E-state index in [2.05, 4.69) is 20.9 Å². The highest BCUT2D eigenvalue weighted by Crippen LogP contribution is 2.22. The van der Waals surface area contributed by atoms with Gasteiger partial charge in [-0.15, -0.1) is 11.3 Å². The second-order valence-corrected chi connectivity index (χ2v) is 9.67. The maximum absolute atomic E-state index is 13.1. The Morgan fingerprint density at radius 3 is 2.22 bits per heavy atom. The van der Waals surface area contributed by atoms with Crippen LogP contribution in [-0.2, 0) is 9.59 Å². The minimum Gasteiger partial charge on any atom is -0.507 e. The molecule has 1 aromatic carbocycles. The lowest BCUT2D eigenvalue weighted by Gasteiger charge is -2.25. The van der Waals surface area contributed by atoms with Gasteiger partial charge in [0.05, 0.1) is 5.56 Å². The molecule has 2 aromatic rings. The summed E-state index contributed by atoms with van der Waals surface area (Å²) in [5, 5.41) is 20.6. The maximum atomic E-state index is 13.1. The fourth-order valence-electron chi connectivity index (χ4n) is 3.08.